The summed E-state index contributed by atoms with van der Waals surface area (Å²) < 4.78 is 104. The minimum absolute atomic E-state index is 2.55. The lowest BCUT2D eigenvalue weighted by atomic mass is 10.4. The maximum absolute atomic E-state index is 12.1. The van der Waals surface area contributed by atoms with Gasteiger partial charge in [0.15, 0.2) is 0 Å². The van der Waals surface area contributed by atoms with E-state index >= 15 is 0 Å². The Morgan fingerprint density at radius 1 is 1.00 bits per heavy atom. The summed E-state index contributed by atoms with van der Waals surface area (Å²) >= 11 is 0. The van der Waals surface area contributed by atoms with Crippen LogP contribution in [0.25, 0.3) is 0 Å². The third-order valence-corrected chi connectivity index (χ3v) is 2.00. The van der Waals surface area contributed by atoms with Gasteiger partial charge < -0.3 is 0 Å². The molecule has 0 saturated carbocycles. The van der Waals surface area contributed by atoms with Gasteiger partial charge in [-0.1, -0.05) is 0 Å². The molecular weight excluding hydrogens is 261 g/mol. The molecule has 0 aromatic rings. The third-order valence-electron chi connectivity index (χ3n) is 0.993. The molecule has 0 aliphatic rings. The summed E-state index contributed by atoms with van der Waals surface area (Å²) in [6.07, 6.45) is -11.7. The van der Waals surface area contributed by atoms with E-state index in [0.717, 1.165) is 0 Å². The van der Waals surface area contributed by atoms with Gasteiger partial charge in [-0.15, -0.1) is 0 Å². The Morgan fingerprint density at radius 3 is 1.67 bits per heavy atom. The monoisotopic (exact) mass is 264 g/mol. The summed E-state index contributed by atoms with van der Waals surface area (Å²) in [5.74, 6) is 0. The second kappa shape index (κ2) is 4.51. The quantitative estimate of drug-likeness (QED) is 0.441. The molecule has 0 aliphatic carbocycles. The molecule has 0 heterocycles. The van der Waals surface area contributed by atoms with E-state index in [1.165, 1.54) is 0 Å². The van der Waals surface area contributed by atoms with Gasteiger partial charge in [-0.3, -0.25) is 0 Å². The smallest absolute Gasteiger partial charge is 0.235 e. The molecule has 15 heavy (non-hydrogen) atoms. The summed E-state index contributed by atoms with van der Waals surface area (Å²) in [6, 6.07) is 0. The molecule has 0 fully saturated rings. The molecule has 0 bridgehead atoms. The van der Waals surface area contributed by atoms with Crippen molar-refractivity contribution < 1.29 is 43.3 Å². The van der Waals surface area contributed by atoms with Crippen molar-refractivity contribution >= 4 is 10.1 Å². The lowest BCUT2D eigenvalue weighted by molar-refractivity contribution is -0.0970. The molecule has 2 unspecified atom stereocenters. The Morgan fingerprint density at radius 2 is 1.40 bits per heavy atom. The fourth-order valence-electron chi connectivity index (χ4n) is 0.343. The van der Waals surface area contributed by atoms with Crippen LogP contribution < -0.4 is 0 Å². The average Bonchev–Trinajstić information content (AvgIpc) is 1.99. The Balaban J connectivity index is 4.63. The summed E-state index contributed by atoms with van der Waals surface area (Å²) in [4.78, 5) is 0. The van der Waals surface area contributed by atoms with Crippen molar-refractivity contribution in [3.63, 3.8) is 0 Å². The van der Waals surface area contributed by atoms with Crippen LogP contribution >= 0.6 is 0 Å². The summed E-state index contributed by atoms with van der Waals surface area (Å²) in [5.41, 5.74) is -6.00. The molecular formula is C4H3F7O3S. The molecule has 92 valence electrons. The van der Waals surface area contributed by atoms with Gasteiger partial charge in [0.2, 0.25) is 6.17 Å². The standard InChI is InChI=1S/C4H3F7O3S/c5-1(2(6)7)3(8)14-15(12,13)4(9,10)11/h1-3H. The van der Waals surface area contributed by atoms with E-state index < -0.39 is 34.6 Å². The fourth-order valence-corrected chi connectivity index (χ4v) is 0.800. The summed E-state index contributed by atoms with van der Waals surface area (Å²) in [6.45, 7) is 0. The first-order valence-corrected chi connectivity index (χ1v) is 4.45. The SMILES string of the molecule is O=S(=O)(OC(F)C(F)C(F)F)C(F)(F)F. The maximum Gasteiger partial charge on any atom is 0.523 e. The van der Waals surface area contributed by atoms with E-state index in [2.05, 4.69) is 4.18 Å². The molecule has 0 spiro atoms. The first kappa shape index (κ1) is 14.4. The van der Waals surface area contributed by atoms with E-state index in [1.807, 2.05) is 0 Å². The van der Waals surface area contributed by atoms with Crippen LogP contribution in [0.4, 0.5) is 30.7 Å². The van der Waals surface area contributed by atoms with E-state index in [9.17, 15) is 39.2 Å². The van der Waals surface area contributed by atoms with E-state index in [1.54, 1.807) is 0 Å². The van der Waals surface area contributed by atoms with Gasteiger partial charge in [-0.2, -0.15) is 21.6 Å². The van der Waals surface area contributed by atoms with Crippen LogP contribution in [-0.2, 0) is 14.3 Å². The molecule has 0 aromatic carbocycles. The fraction of sp³-hybridized carbons (Fsp3) is 1.00. The molecule has 2 atom stereocenters. The van der Waals surface area contributed by atoms with Crippen LogP contribution in [0.5, 0.6) is 0 Å². The third kappa shape index (κ3) is 3.81. The topological polar surface area (TPSA) is 43.4 Å². The highest BCUT2D eigenvalue weighted by Gasteiger charge is 2.50. The Kier molecular flexibility index (Phi) is 4.34. The Hall–Kier alpha value is -0.580. The highest BCUT2D eigenvalue weighted by Crippen LogP contribution is 2.27. The second-order valence-electron chi connectivity index (χ2n) is 2.13. The molecule has 0 radical (unpaired) electrons. The number of rotatable bonds is 4. The second-order valence-corrected chi connectivity index (χ2v) is 3.69. The lowest BCUT2D eigenvalue weighted by Crippen LogP contribution is -2.35. The minimum Gasteiger partial charge on any atom is -0.235 e. The number of hydrogen-bond donors (Lipinski definition) is 0. The number of hydrogen-bond acceptors (Lipinski definition) is 3. The van der Waals surface area contributed by atoms with Crippen molar-refractivity contribution in [2.45, 2.75) is 24.5 Å². The zero-order valence-corrected chi connectivity index (χ0v) is 7.33. The van der Waals surface area contributed by atoms with Crippen LogP contribution in [0.15, 0.2) is 0 Å². The molecule has 0 N–H and O–H groups in total. The predicted octanol–water partition coefficient (Wildman–Crippen LogP) is 1.75. The predicted molar refractivity (Wildman–Crippen MR) is 31.9 cm³/mol. The maximum atomic E-state index is 12.1. The van der Waals surface area contributed by atoms with Gasteiger partial charge in [-0.05, 0) is 0 Å². The number of halogens is 7. The number of alkyl halides is 7. The summed E-state index contributed by atoms with van der Waals surface area (Å²) in [7, 11) is -6.42. The molecule has 0 aliphatic heterocycles. The molecule has 0 aromatic heterocycles. The molecule has 0 amide bonds. The van der Waals surface area contributed by atoms with E-state index in [0.29, 0.717) is 0 Å². The first-order valence-electron chi connectivity index (χ1n) is 3.05. The molecule has 3 nitrogen and oxygen atoms in total. The highest BCUT2D eigenvalue weighted by atomic mass is 32.2. The normalized spacial score (nSPS) is 17.9. The molecule has 0 saturated heterocycles. The zero-order chi connectivity index (χ0) is 12.4. The van der Waals surface area contributed by atoms with Crippen LogP contribution in [0.3, 0.4) is 0 Å². The molecule has 0 rings (SSSR count). The average molecular weight is 264 g/mol. The van der Waals surface area contributed by atoms with Crippen molar-refractivity contribution in [2.75, 3.05) is 0 Å². The Bertz CT molecular complexity index is 296. The Labute approximate surface area is 78.9 Å². The van der Waals surface area contributed by atoms with E-state index in [-0.39, 0.29) is 0 Å². The van der Waals surface area contributed by atoms with Gasteiger partial charge in [0, 0.05) is 0 Å². The van der Waals surface area contributed by atoms with Gasteiger partial charge in [0.25, 0.3) is 12.8 Å². The molecule has 11 heteroatoms. The van der Waals surface area contributed by atoms with Crippen molar-refractivity contribution in [3.05, 3.63) is 0 Å². The lowest BCUT2D eigenvalue weighted by Gasteiger charge is -2.14. The van der Waals surface area contributed by atoms with E-state index in [4.69, 9.17) is 0 Å². The van der Waals surface area contributed by atoms with Crippen LogP contribution in [0, 0.1) is 0 Å². The first-order chi connectivity index (χ1) is 6.49. The summed E-state index contributed by atoms with van der Waals surface area (Å²) in [5, 5.41) is 0. The van der Waals surface area contributed by atoms with Gasteiger partial charge in [0.05, 0.1) is 0 Å². The van der Waals surface area contributed by atoms with Crippen LogP contribution in [-0.4, -0.2) is 32.9 Å². The van der Waals surface area contributed by atoms with Crippen molar-refractivity contribution in [1.82, 2.24) is 0 Å². The highest BCUT2D eigenvalue weighted by molar-refractivity contribution is 7.87. The van der Waals surface area contributed by atoms with Crippen molar-refractivity contribution in [3.8, 4) is 0 Å². The van der Waals surface area contributed by atoms with Gasteiger partial charge >= 0.3 is 15.6 Å². The van der Waals surface area contributed by atoms with Crippen LogP contribution in [0.1, 0.15) is 0 Å². The van der Waals surface area contributed by atoms with Crippen molar-refractivity contribution in [2.24, 2.45) is 0 Å². The van der Waals surface area contributed by atoms with Crippen LogP contribution in [0.2, 0.25) is 0 Å². The van der Waals surface area contributed by atoms with Gasteiger partial charge in [-0.25, -0.2) is 21.7 Å². The van der Waals surface area contributed by atoms with Crippen molar-refractivity contribution in [1.29, 1.82) is 0 Å². The minimum atomic E-state index is -6.42. The van der Waals surface area contributed by atoms with Gasteiger partial charge in [0.1, 0.15) is 0 Å². The zero-order valence-electron chi connectivity index (χ0n) is 6.51. The largest absolute Gasteiger partial charge is 0.523 e.